The van der Waals surface area contributed by atoms with E-state index in [4.69, 9.17) is 12.2 Å². The summed E-state index contributed by atoms with van der Waals surface area (Å²) >= 11 is 5.24. The summed E-state index contributed by atoms with van der Waals surface area (Å²) in [6, 6.07) is 11.3. The largest absolute Gasteiger partial charge is 0.435 e. The Morgan fingerprint density at radius 2 is 1.85 bits per heavy atom. The van der Waals surface area contributed by atoms with E-state index in [-0.39, 0.29) is 5.92 Å². The number of nitrogens with zero attached hydrogens (tertiary/aromatic N) is 2. The topological polar surface area (TPSA) is 41.9 Å². The molecule has 0 saturated heterocycles. The van der Waals surface area contributed by atoms with Crippen molar-refractivity contribution in [2.24, 2.45) is 0 Å². The van der Waals surface area contributed by atoms with Crippen molar-refractivity contribution < 1.29 is 13.2 Å². The van der Waals surface area contributed by atoms with Gasteiger partial charge < -0.3 is 10.6 Å². The lowest BCUT2D eigenvalue weighted by Crippen LogP contribution is -2.37. The zero-order chi connectivity index (χ0) is 19.3. The molecule has 0 radical (unpaired) electrons. The van der Waals surface area contributed by atoms with Crippen LogP contribution < -0.4 is 10.6 Å². The van der Waals surface area contributed by atoms with E-state index in [9.17, 15) is 13.2 Å². The summed E-state index contributed by atoms with van der Waals surface area (Å²) in [6.07, 6.45) is -0.981. The highest BCUT2D eigenvalue weighted by atomic mass is 32.1. The van der Waals surface area contributed by atoms with Gasteiger partial charge in [0.05, 0.1) is 0 Å². The Kier molecular flexibility index (Phi) is 6.36. The van der Waals surface area contributed by atoms with Gasteiger partial charge >= 0.3 is 6.18 Å². The van der Waals surface area contributed by atoms with Gasteiger partial charge in [0.2, 0.25) is 0 Å². The predicted octanol–water partition coefficient (Wildman–Crippen LogP) is 3.88. The van der Waals surface area contributed by atoms with Gasteiger partial charge in [0.25, 0.3) is 0 Å². The van der Waals surface area contributed by atoms with Gasteiger partial charge in [-0.2, -0.15) is 18.3 Å². The molecule has 0 bridgehead atoms. The lowest BCUT2D eigenvalue weighted by Gasteiger charge is -2.11. The maximum absolute atomic E-state index is 12.9. The number of hydrogen-bond acceptors (Lipinski definition) is 2. The number of aryl methyl sites for hydroxylation is 1. The van der Waals surface area contributed by atoms with Crippen LogP contribution in [0, 0.1) is 0 Å². The summed E-state index contributed by atoms with van der Waals surface area (Å²) in [6.45, 7) is 1.76. The van der Waals surface area contributed by atoms with Crippen LogP contribution in [0.5, 0.6) is 0 Å². The minimum atomic E-state index is -4.39. The lowest BCUT2D eigenvalue weighted by atomic mass is 10.1. The fourth-order valence-electron chi connectivity index (χ4n) is 2.91. The first kappa shape index (κ1) is 19.7. The van der Waals surface area contributed by atoms with E-state index < -0.39 is 11.9 Å². The van der Waals surface area contributed by atoms with Gasteiger partial charge in [-0.25, -0.2) is 0 Å². The molecule has 3 rings (SSSR count). The monoisotopic (exact) mass is 396 g/mol. The Morgan fingerprint density at radius 1 is 1.15 bits per heavy atom. The van der Waals surface area contributed by atoms with Crippen molar-refractivity contribution in [1.82, 2.24) is 20.4 Å². The van der Waals surface area contributed by atoms with Crippen molar-refractivity contribution in [2.45, 2.75) is 44.3 Å². The zero-order valence-corrected chi connectivity index (χ0v) is 15.7. The molecule has 1 aliphatic rings. The van der Waals surface area contributed by atoms with Crippen LogP contribution in [0.3, 0.4) is 0 Å². The van der Waals surface area contributed by atoms with Gasteiger partial charge in [-0.1, -0.05) is 30.3 Å². The quantitative estimate of drug-likeness (QED) is 0.525. The van der Waals surface area contributed by atoms with Gasteiger partial charge in [0.15, 0.2) is 10.8 Å². The van der Waals surface area contributed by atoms with Crippen LogP contribution in [0.2, 0.25) is 0 Å². The maximum atomic E-state index is 12.9. The standard InChI is InChI=1S/C19H23F3N4S/c20-19(21,22)17-13-16(15-7-8-15)26(25-17)12-4-10-23-18(27)24-11-9-14-5-2-1-3-6-14/h1-3,5-6,13,15H,4,7-12H2,(H2,23,24,27). The summed E-state index contributed by atoms with van der Waals surface area (Å²) in [5.74, 6) is 0.224. The molecule has 0 spiro atoms. The van der Waals surface area contributed by atoms with Crippen molar-refractivity contribution in [1.29, 1.82) is 0 Å². The summed E-state index contributed by atoms with van der Waals surface area (Å²) in [5.41, 5.74) is 1.14. The van der Waals surface area contributed by atoms with Crippen LogP contribution in [0.4, 0.5) is 13.2 Å². The average molecular weight is 396 g/mol. The van der Waals surface area contributed by atoms with Crippen molar-refractivity contribution in [3.63, 3.8) is 0 Å². The highest BCUT2D eigenvalue weighted by Gasteiger charge is 2.37. The molecule has 27 heavy (non-hydrogen) atoms. The van der Waals surface area contributed by atoms with Crippen LogP contribution in [0.1, 0.15) is 42.1 Å². The predicted molar refractivity (Wildman–Crippen MR) is 103 cm³/mol. The number of rotatable bonds is 8. The van der Waals surface area contributed by atoms with E-state index >= 15 is 0 Å². The summed E-state index contributed by atoms with van der Waals surface area (Å²) in [4.78, 5) is 0. The van der Waals surface area contributed by atoms with E-state index in [1.54, 1.807) is 0 Å². The molecule has 1 aromatic heterocycles. The molecule has 1 heterocycles. The molecular weight excluding hydrogens is 373 g/mol. The minimum Gasteiger partial charge on any atom is -0.363 e. The van der Waals surface area contributed by atoms with Crippen LogP contribution in [0.25, 0.3) is 0 Å². The molecule has 1 fully saturated rings. The van der Waals surface area contributed by atoms with Crippen LogP contribution in [0.15, 0.2) is 36.4 Å². The first-order valence-electron chi connectivity index (χ1n) is 9.14. The molecule has 0 amide bonds. The molecule has 2 aromatic rings. The lowest BCUT2D eigenvalue weighted by molar-refractivity contribution is -0.141. The van der Waals surface area contributed by atoms with E-state index in [1.807, 2.05) is 18.2 Å². The number of halogens is 3. The second-order valence-corrected chi connectivity index (χ2v) is 7.13. The number of thiocarbonyl (C=S) groups is 1. The molecule has 146 valence electrons. The van der Waals surface area contributed by atoms with Crippen molar-refractivity contribution in [3.05, 3.63) is 53.3 Å². The molecule has 1 saturated carbocycles. The number of benzene rings is 1. The zero-order valence-electron chi connectivity index (χ0n) is 14.9. The molecule has 0 unspecified atom stereocenters. The third-order valence-electron chi connectivity index (χ3n) is 4.47. The number of aromatic nitrogens is 2. The fraction of sp³-hybridized carbons (Fsp3) is 0.474. The van der Waals surface area contributed by atoms with Crippen LogP contribution >= 0.6 is 12.2 Å². The second-order valence-electron chi connectivity index (χ2n) is 6.72. The van der Waals surface area contributed by atoms with E-state index in [2.05, 4.69) is 27.9 Å². The van der Waals surface area contributed by atoms with Gasteiger partial charge in [0.1, 0.15) is 0 Å². The Balaban J connectivity index is 1.38. The van der Waals surface area contributed by atoms with Crippen LogP contribution in [-0.2, 0) is 19.1 Å². The number of hydrogen-bond donors (Lipinski definition) is 2. The van der Waals surface area contributed by atoms with Crippen molar-refractivity contribution in [3.8, 4) is 0 Å². The first-order chi connectivity index (χ1) is 12.9. The second kappa shape index (κ2) is 8.73. The molecule has 2 N–H and O–H groups in total. The molecule has 8 heteroatoms. The smallest absolute Gasteiger partial charge is 0.363 e. The molecule has 1 aromatic carbocycles. The molecule has 1 aliphatic carbocycles. The van der Waals surface area contributed by atoms with Gasteiger partial charge in [0, 0.05) is 31.2 Å². The number of nitrogens with one attached hydrogen (secondary N) is 2. The third-order valence-corrected chi connectivity index (χ3v) is 4.76. The Morgan fingerprint density at radius 3 is 2.52 bits per heavy atom. The van der Waals surface area contributed by atoms with Crippen molar-refractivity contribution >= 4 is 17.3 Å². The third kappa shape index (κ3) is 5.95. The van der Waals surface area contributed by atoms with Gasteiger partial charge in [-0.3, -0.25) is 4.68 Å². The SMILES string of the molecule is FC(F)(F)c1cc(C2CC2)n(CCCNC(=S)NCCc2ccccc2)n1. The van der Waals surface area contributed by atoms with E-state index in [1.165, 1.54) is 16.3 Å². The average Bonchev–Trinajstić information content (AvgIpc) is 3.38. The molecule has 0 aliphatic heterocycles. The van der Waals surface area contributed by atoms with Gasteiger partial charge in [-0.05, 0) is 49.5 Å². The normalized spacial score (nSPS) is 14.2. The van der Waals surface area contributed by atoms with Crippen LogP contribution in [-0.4, -0.2) is 28.0 Å². The summed E-state index contributed by atoms with van der Waals surface area (Å²) < 4.78 is 40.2. The molecule has 0 atom stereocenters. The Bertz CT molecular complexity index is 754. The van der Waals surface area contributed by atoms with Gasteiger partial charge in [-0.15, -0.1) is 0 Å². The maximum Gasteiger partial charge on any atom is 0.435 e. The highest BCUT2D eigenvalue weighted by molar-refractivity contribution is 7.80. The Labute approximate surface area is 162 Å². The summed E-state index contributed by atoms with van der Waals surface area (Å²) in [5, 5.41) is 10.6. The van der Waals surface area contributed by atoms with E-state index in [0.717, 1.165) is 25.8 Å². The first-order valence-corrected chi connectivity index (χ1v) is 9.55. The molecule has 4 nitrogen and oxygen atoms in total. The number of alkyl halides is 3. The fourth-order valence-corrected chi connectivity index (χ4v) is 3.12. The molecular formula is C19H23F3N4S. The van der Waals surface area contributed by atoms with Crippen molar-refractivity contribution in [2.75, 3.05) is 13.1 Å². The minimum absolute atomic E-state index is 0.224. The van der Waals surface area contributed by atoms with E-state index in [0.29, 0.717) is 30.3 Å². The highest BCUT2D eigenvalue weighted by Crippen LogP contribution is 2.42. The summed E-state index contributed by atoms with van der Waals surface area (Å²) in [7, 11) is 0. The Hall–Kier alpha value is -2.09.